The van der Waals surface area contributed by atoms with E-state index >= 15 is 0 Å². The zero-order chi connectivity index (χ0) is 18.4. The number of nitrogens with one attached hydrogen (secondary N) is 1. The van der Waals surface area contributed by atoms with Crippen LogP contribution in [0.3, 0.4) is 0 Å². The zero-order valence-electron chi connectivity index (χ0n) is 15.8. The molecule has 1 fully saturated rings. The number of hydrogen-bond acceptors (Lipinski definition) is 4. The van der Waals surface area contributed by atoms with E-state index < -0.39 is 0 Å². The first kappa shape index (κ1) is 18.6. The van der Waals surface area contributed by atoms with Gasteiger partial charge in [0.1, 0.15) is 0 Å². The molecule has 0 spiro atoms. The number of ether oxygens (including phenoxy) is 1. The van der Waals surface area contributed by atoms with Gasteiger partial charge < -0.3 is 20.1 Å². The van der Waals surface area contributed by atoms with Gasteiger partial charge in [-0.2, -0.15) is 0 Å². The van der Waals surface area contributed by atoms with Crippen LogP contribution in [0.2, 0.25) is 0 Å². The number of phenolic OH excluding ortho intramolecular Hbond substituents is 1. The molecule has 1 aromatic rings. The number of rotatable bonds is 6. The molecule has 1 saturated heterocycles. The number of aliphatic imine (C=N–C) groups is 1. The number of nitrogens with zero attached hydrogens (tertiary/aromatic N) is 3. The fourth-order valence-corrected chi connectivity index (χ4v) is 3.54. The average Bonchev–Trinajstić information content (AvgIpc) is 3.32. The van der Waals surface area contributed by atoms with Crippen LogP contribution < -0.4 is 10.1 Å². The predicted octanol–water partition coefficient (Wildman–Crippen LogP) is 2.20. The fraction of sp³-hybridized carbons (Fsp3) is 0.550. The van der Waals surface area contributed by atoms with E-state index in [0.29, 0.717) is 24.9 Å². The summed E-state index contributed by atoms with van der Waals surface area (Å²) in [4.78, 5) is 9.70. The molecule has 0 saturated carbocycles. The second-order valence-corrected chi connectivity index (χ2v) is 6.72. The van der Waals surface area contributed by atoms with E-state index in [1.165, 1.54) is 6.42 Å². The normalized spacial score (nSPS) is 20.8. The lowest BCUT2D eigenvalue weighted by atomic mass is 10.2. The molecule has 2 aliphatic heterocycles. The van der Waals surface area contributed by atoms with Gasteiger partial charge in [-0.15, -0.1) is 0 Å². The van der Waals surface area contributed by atoms with E-state index in [2.05, 4.69) is 34.2 Å². The lowest BCUT2D eigenvalue weighted by Gasteiger charge is -2.25. The minimum Gasteiger partial charge on any atom is -0.504 e. The third-order valence-corrected chi connectivity index (χ3v) is 4.90. The number of phenols is 1. The largest absolute Gasteiger partial charge is 0.504 e. The van der Waals surface area contributed by atoms with Crippen molar-refractivity contribution in [3.05, 3.63) is 35.9 Å². The van der Waals surface area contributed by atoms with Gasteiger partial charge in [0.2, 0.25) is 0 Å². The van der Waals surface area contributed by atoms with Crippen LogP contribution in [-0.4, -0.2) is 66.2 Å². The Bertz CT molecular complexity index is 651. The molecule has 0 radical (unpaired) electrons. The van der Waals surface area contributed by atoms with E-state index in [0.717, 1.165) is 44.2 Å². The molecule has 0 amide bonds. The summed E-state index contributed by atoms with van der Waals surface area (Å²) in [5, 5.41) is 13.3. The molecule has 2 aliphatic rings. The highest BCUT2D eigenvalue weighted by Gasteiger charge is 2.29. The maximum Gasteiger partial charge on any atom is 0.194 e. The maximum absolute atomic E-state index is 9.84. The van der Waals surface area contributed by atoms with Gasteiger partial charge >= 0.3 is 0 Å². The van der Waals surface area contributed by atoms with Crippen molar-refractivity contribution < 1.29 is 9.84 Å². The summed E-state index contributed by atoms with van der Waals surface area (Å²) in [7, 11) is 0. The van der Waals surface area contributed by atoms with Crippen LogP contribution >= 0.6 is 0 Å². The summed E-state index contributed by atoms with van der Waals surface area (Å²) in [6, 6.07) is 6.05. The first-order chi connectivity index (χ1) is 12.7. The molecule has 6 nitrogen and oxygen atoms in total. The van der Waals surface area contributed by atoms with Crippen LogP contribution in [-0.2, 0) is 6.54 Å². The second-order valence-electron chi connectivity index (χ2n) is 6.72. The first-order valence-electron chi connectivity index (χ1n) is 9.58. The van der Waals surface area contributed by atoms with Crippen molar-refractivity contribution in [1.29, 1.82) is 0 Å². The fourth-order valence-electron chi connectivity index (χ4n) is 3.54. The standard InChI is InChI=1S/C20H30N4O2/c1-3-21-20(24-12-9-17(15-24)23-10-5-6-11-23)22-14-16-7-8-18(25)19(13-16)26-4-2/h5-8,13,17,25H,3-4,9-12,14-15H2,1-2H3,(H,21,22). The van der Waals surface area contributed by atoms with Crippen LogP contribution in [0.25, 0.3) is 0 Å². The molecular formula is C20H30N4O2. The highest BCUT2D eigenvalue weighted by atomic mass is 16.5. The molecule has 26 heavy (non-hydrogen) atoms. The van der Waals surface area contributed by atoms with E-state index in [9.17, 15) is 5.11 Å². The molecular weight excluding hydrogens is 328 g/mol. The summed E-state index contributed by atoms with van der Waals surface area (Å²) in [6.07, 6.45) is 5.69. The lowest BCUT2D eigenvalue weighted by Crippen LogP contribution is -2.42. The number of aromatic hydroxyl groups is 1. The maximum atomic E-state index is 9.84. The number of likely N-dealkylation sites (tertiary alicyclic amines) is 1. The monoisotopic (exact) mass is 358 g/mol. The van der Waals surface area contributed by atoms with Crippen LogP contribution in [0.15, 0.2) is 35.3 Å². The summed E-state index contributed by atoms with van der Waals surface area (Å²) in [6.45, 7) is 10.2. The van der Waals surface area contributed by atoms with Crippen molar-refractivity contribution in [1.82, 2.24) is 15.1 Å². The summed E-state index contributed by atoms with van der Waals surface area (Å²) in [5.41, 5.74) is 1.03. The number of guanidine groups is 1. The molecule has 142 valence electrons. The van der Waals surface area contributed by atoms with Gasteiger partial charge in [0.15, 0.2) is 17.5 Å². The molecule has 1 unspecified atom stereocenters. The molecule has 6 heteroatoms. The first-order valence-corrected chi connectivity index (χ1v) is 9.58. The van der Waals surface area contributed by atoms with Gasteiger partial charge in [0.25, 0.3) is 0 Å². The van der Waals surface area contributed by atoms with Crippen molar-refractivity contribution in [2.45, 2.75) is 32.9 Å². The lowest BCUT2D eigenvalue weighted by molar-refractivity contribution is 0.259. The molecule has 2 N–H and O–H groups in total. The Labute approximate surface area is 156 Å². The zero-order valence-corrected chi connectivity index (χ0v) is 15.8. The molecule has 0 aromatic heterocycles. The van der Waals surface area contributed by atoms with Gasteiger partial charge in [-0.25, -0.2) is 4.99 Å². The number of hydrogen-bond donors (Lipinski definition) is 2. The Morgan fingerprint density at radius 3 is 2.85 bits per heavy atom. The minimum absolute atomic E-state index is 0.174. The van der Waals surface area contributed by atoms with Crippen LogP contribution in [0, 0.1) is 0 Å². The smallest absolute Gasteiger partial charge is 0.194 e. The Hall–Kier alpha value is -2.21. The summed E-state index contributed by atoms with van der Waals surface area (Å²) < 4.78 is 5.47. The molecule has 3 rings (SSSR count). The average molecular weight is 358 g/mol. The van der Waals surface area contributed by atoms with Gasteiger partial charge in [-0.1, -0.05) is 18.2 Å². The van der Waals surface area contributed by atoms with Gasteiger partial charge in [0, 0.05) is 38.8 Å². The SMILES string of the molecule is CCNC(=NCc1ccc(O)c(OCC)c1)N1CCC(N2CC=CC2)C1. The molecule has 1 atom stereocenters. The van der Waals surface area contributed by atoms with Gasteiger partial charge in [-0.3, -0.25) is 4.90 Å². The predicted molar refractivity (Wildman–Crippen MR) is 105 cm³/mol. The molecule has 1 aromatic carbocycles. The van der Waals surface area contributed by atoms with Crippen molar-refractivity contribution in [2.24, 2.45) is 4.99 Å². The Morgan fingerprint density at radius 1 is 1.31 bits per heavy atom. The van der Waals surface area contributed by atoms with E-state index in [4.69, 9.17) is 9.73 Å². The highest BCUT2D eigenvalue weighted by molar-refractivity contribution is 5.80. The number of benzene rings is 1. The highest BCUT2D eigenvalue weighted by Crippen LogP contribution is 2.27. The minimum atomic E-state index is 0.174. The molecule has 0 bridgehead atoms. The third-order valence-electron chi connectivity index (χ3n) is 4.90. The summed E-state index contributed by atoms with van der Waals surface area (Å²) >= 11 is 0. The quantitative estimate of drug-likeness (QED) is 0.464. The van der Waals surface area contributed by atoms with Crippen molar-refractivity contribution >= 4 is 5.96 Å². The third kappa shape index (κ3) is 4.49. The van der Waals surface area contributed by atoms with Crippen LogP contribution in [0.4, 0.5) is 0 Å². The van der Waals surface area contributed by atoms with Crippen LogP contribution in [0.5, 0.6) is 11.5 Å². The van der Waals surface area contributed by atoms with Crippen molar-refractivity contribution in [3.63, 3.8) is 0 Å². The van der Waals surface area contributed by atoms with Gasteiger partial charge in [-0.05, 0) is 38.0 Å². The molecule has 0 aliphatic carbocycles. The van der Waals surface area contributed by atoms with Crippen LogP contribution in [0.1, 0.15) is 25.8 Å². The van der Waals surface area contributed by atoms with Crippen molar-refractivity contribution in [2.75, 3.05) is 39.3 Å². The Kier molecular flexibility index (Phi) is 6.39. The Balaban J connectivity index is 1.65. The second kappa shape index (κ2) is 8.94. The Morgan fingerprint density at radius 2 is 2.12 bits per heavy atom. The van der Waals surface area contributed by atoms with E-state index in [-0.39, 0.29) is 5.75 Å². The molecule has 2 heterocycles. The van der Waals surface area contributed by atoms with E-state index in [1.807, 2.05) is 19.1 Å². The summed E-state index contributed by atoms with van der Waals surface area (Å²) in [5.74, 6) is 1.66. The van der Waals surface area contributed by atoms with Crippen molar-refractivity contribution in [3.8, 4) is 11.5 Å². The van der Waals surface area contributed by atoms with E-state index in [1.54, 1.807) is 6.07 Å². The van der Waals surface area contributed by atoms with Gasteiger partial charge in [0.05, 0.1) is 13.2 Å². The topological polar surface area (TPSA) is 60.3 Å².